The van der Waals surface area contributed by atoms with Crippen LogP contribution in [0.3, 0.4) is 0 Å². The number of benzene rings is 4. The highest BCUT2D eigenvalue weighted by atomic mass is 16.6. The van der Waals surface area contributed by atoms with E-state index in [1.54, 1.807) is 12.1 Å². The summed E-state index contributed by atoms with van der Waals surface area (Å²) in [6.07, 6.45) is 0.829. The highest BCUT2D eigenvalue weighted by molar-refractivity contribution is 6.15. The van der Waals surface area contributed by atoms with Crippen molar-refractivity contribution < 1.29 is 38.1 Å². The molecule has 0 unspecified atom stereocenters. The molecule has 0 saturated heterocycles. The van der Waals surface area contributed by atoms with Crippen molar-refractivity contribution in [2.75, 3.05) is 0 Å². The summed E-state index contributed by atoms with van der Waals surface area (Å²) in [5.41, 5.74) is 2.72. The highest BCUT2D eigenvalue weighted by Gasteiger charge is 2.31. The molecule has 0 fully saturated rings. The zero-order valence-corrected chi connectivity index (χ0v) is 21.6. The number of rotatable bonds is 7. The highest BCUT2D eigenvalue weighted by Crippen LogP contribution is 2.38. The standard InChI is InChI=1S/C32H22O8/c1-3-32(2,18-4-8-20(9-5-18)37-22-12-14-24-26(16-22)30(35)39-28(24)33)19-6-10-21(11-7-19)38-23-13-15-25-27(17-23)31(36)40-29(25)34/h4-17H,3H2,1-2H3. The summed E-state index contributed by atoms with van der Waals surface area (Å²) in [4.78, 5) is 47.0. The minimum Gasteiger partial charge on any atom is -0.457 e. The van der Waals surface area contributed by atoms with Crippen molar-refractivity contribution >= 4 is 23.9 Å². The van der Waals surface area contributed by atoms with Gasteiger partial charge in [0.2, 0.25) is 0 Å². The summed E-state index contributed by atoms with van der Waals surface area (Å²) in [6, 6.07) is 24.7. The first-order valence-electron chi connectivity index (χ1n) is 12.6. The summed E-state index contributed by atoms with van der Waals surface area (Å²) in [5.74, 6) is -0.623. The van der Waals surface area contributed by atoms with Crippen molar-refractivity contribution in [3.8, 4) is 23.0 Å². The lowest BCUT2D eigenvalue weighted by molar-refractivity contribution is 0.0425. The Morgan fingerprint density at radius 2 is 0.875 bits per heavy atom. The van der Waals surface area contributed by atoms with E-state index in [1.165, 1.54) is 24.3 Å². The van der Waals surface area contributed by atoms with Gasteiger partial charge in [-0.05, 0) is 78.2 Å². The zero-order chi connectivity index (χ0) is 28.0. The molecule has 0 aliphatic carbocycles. The Kier molecular flexibility index (Phi) is 5.95. The molecule has 40 heavy (non-hydrogen) atoms. The van der Waals surface area contributed by atoms with Gasteiger partial charge in [0.15, 0.2) is 0 Å². The fourth-order valence-corrected chi connectivity index (χ4v) is 4.88. The van der Waals surface area contributed by atoms with Crippen LogP contribution in [0.4, 0.5) is 0 Å². The van der Waals surface area contributed by atoms with E-state index in [9.17, 15) is 19.2 Å². The van der Waals surface area contributed by atoms with E-state index in [4.69, 9.17) is 9.47 Å². The summed E-state index contributed by atoms with van der Waals surface area (Å²) < 4.78 is 21.1. The van der Waals surface area contributed by atoms with Gasteiger partial charge in [0.05, 0.1) is 22.3 Å². The number of carbonyl (C=O) groups is 4. The minimum absolute atomic E-state index is 0.193. The van der Waals surface area contributed by atoms with Gasteiger partial charge < -0.3 is 18.9 Å². The van der Waals surface area contributed by atoms with Crippen LogP contribution in [0.1, 0.15) is 72.8 Å². The van der Waals surface area contributed by atoms with E-state index < -0.39 is 23.9 Å². The van der Waals surface area contributed by atoms with E-state index in [0.29, 0.717) is 23.0 Å². The third-order valence-corrected chi connectivity index (χ3v) is 7.39. The second kappa shape index (κ2) is 9.50. The largest absolute Gasteiger partial charge is 0.457 e. The molecule has 198 valence electrons. The summed E-state index contributed by atoms with van der Waals surface area (Å²) in [6.45, 7) is 4.27. The molecule has 8 nitrogen and oxygen atoms in total. The second-order valence-corrected chi connectivity index (χ2v) is 9.71. The van der Waals surface area contributed by atoms with Crippen molar-refractivity contribution in [1.29, 1.82) is 0 Å². The molecule has 0 amide bonds. The van der Waals surface area contributed by atoms with Crippen molar-refractivity contribution in [1.82, 2.24) is 0 Å². The van der Waals surface area contributed by atoms with Crippen LogP contribution in [0.2, 0.25) is 0 Å². The second-order valence-electron chi connectivity index (χ2n) is 9.71. The smallest absolute Gasteiger partial charge is 0.347 e. The fraction of sp³-hybridized carbons (Fsp3) is 0.125. The Morgan fingerprint density at radius 1 is 0.525 bits per heavy atom. The lowest BCUT2D eigenvalue weighted by atomic mass is 9.74. The summed E-state index contributed by atoms with van der Waals surface area (Å²) >= 11 is 0. The molecule has 0 N–H and O–H groups in total. The zero-order valence-electron chi connectivity index (χ0n) is 21.6. The first-order valence-corrected chi connectivity index (χ1v) is 12.6. The van der Waals surface area contributed by atoms with Crippen LogP contribution in [0.25, 0.3) is 0 Å². The molecule has 2 aliphatic heterocycles. The Bertz CT molecular complexity index is 1580. The maximum atomic E-state index is 11.8. The Hall–Kier alpha value is -5.24. The maximum Gasteiger partial charge on any atom is 0.347 e. The van der Waals surface area contributed by atoms with Gasteiger partial charge in [-0.15, -0.1) is 0 Å². The fourth-order valence-electron chi connectivity index (χ4n) is 4.88. The summed E-state index contributed by atoms with van der Waals surface area (Å²) in [7, 11) is 0. The summed E-state index contributed by atoms with van der Waals surface area (Å²) in [5, 5.41) is 0. The number of cyclic esters (lactones) is 4. The van der Waals surface area contributed by atoms with Gasteiger partial charge in [0.1, 0.15) is 23.0 Å². The normalized spacial score (nSPS) is 13.9. The maximum absolute atomic E-state index is 11.8. The molecule has 0 bridgehead atoms. The van der Waals surface area contributed by atoms with Crippen LogP contribution in [0.5, 0.6) is 23.0 Å². The van der Waals surface area contributed by atoms with Gasteiger partial charge in [0, 0.05) is 5.41 Å². The SMILES string of the molecule is CCC(C)(c1ccc(Oc2ccc3c(c2)C(=O)OC3=O)cc1)c1ccc(Oc2ccc3c(c2)C(=O)OC3=O)cc1. The van der Waals surface area contributed by atoms with Crippen molar-refractivity contribution in [3.63, 3.8) is 0 Å². The predicted molar refractivity (Wildman–Crippen MR) is 142 cm³/mol. The number of ether oxygens (including phenoxy) is 4. The lowest BCUT2D eigenvalue weighted by Gasteiger charge is -2.30. The van der Waals surface area contributed by atoms with Crippen LogP contribution in [-0.2, 0) is 14.9 Å². The van der Waals surface area contributed by atoms with E-state index >= 15 is 0 Å². The van der Waals surface area contributed by atoms with Crippen LogP contribution in [0, 0.1) is 0 Å². The van der Waals surface area contributed by atoms with Crippen LogP contribution >= 0.6 is 0 Å². The van der Waals surface area contributed by atoms with Crippen molar-refractivity contribution in [2.24, 2.45) is 0 Å². The molecule has 0 spiro atoms. The first kappa shape index (κ1) is 25.1. The molecular weight excluding hydrogens is 512 g/mol. The van der Waals surface area contributed by atoms with E-state index in [0.717, 1.165) is 17.5 Å². The van der Waals surface area contributed by atoms with Gasteiger partial charge in [0.25, 0.3) is 0 Å². The molecular formula is C32H22O8. The van der Waals surface area contributed by atoms with E-state index in [-0.39, 0.29) is 27.7 Å². The van der Waals surface area contributed by atoms with Crippen molar-refractivity contribution in [2.45, 2.75) is 25.7 Å². The third-order valence-electron chi connectivity index (χ3n) is 7.39. The molecule has 6 rings (SSSR count). The molecule has 0 aromatic heterocycles. The number of esters is 4. The van der Waals surface area contributed by atoms with Crippen molar-refractivity contribution in [3.05, 3.63) is 118 Å². The molecule has 0 radical (unpaired) electrons. The number of hydrogen-bond acceptors (Lipinski definition) is 8. The van der Waals surface area contributed by atoms with Gasteiger partial charge in [-0.2, -0.15) is 0 Å². The van der Waals surface area contributed by atoms with Gasteiger partial charge in [-0.25, -0.2) is 19.2 Å². The number of fused-ring (bicyclic) bond motifs is 2. The van der Waals surface area contributed by atoms with E-state index in [2.05, 4.69) is 23.3 Å². The van der Waals surface area contributed by atoms with Gasteiger partial charge in [-0.1, -0.05) is 38.1 Å². The minimum atomic E-state index is -0.676. The Labute approximate surface area is 229 Å². The average Bonchev–Trinajstić information content (AvgIpc) is 3.41. The molecule has 2 heterocycles. The molecule has 8 heteroatoms. The topological polar surface area (TPSA) is 105 Å². The molecule has 0 saturated carbocycles. The Morgan fingerprint density at radius 3 is 1.25 bits per heavy atom. The quantitative estimate of drug-likeness (QED) is 0.193. The molecule has 4 aromatic rings. The van der Waals surface area contributed by atoms with E-state index in [1.807, 2.05) is 48.5 Å². The van der Waals surface area contributed by atoms with Crippen LogP contribution < -0.4 is 9.47 Å². The first-order chi connectivity index (χ1) is 19.2. The predicted octanol–water partition coefficient (Wildman–Crippen LogP) is 6.61. The monoisotopic (exact) mass is 534 g/mol. The third kappa shape index (κ3) is 4.29. The van der Waals surface area contributed by atoms with Gasteiger partial charge >= 0.3 is 23.9 Å². The number of hydrogen-bond donors (Lipinski definition) is 0. The average molecular weight is 535 g/mol. The molecule has 0 atom stereocenters. The molecule has 4 aromatic carbocycles. The number of carbonyl (C=O) groups excluding carboxylic acids is 4. The van der Waals surface area contributed by atoms with Crippen LogP contribution in [0.15, 0.2) is 84.9 Å². The van der Waals surface area contributed by atoms with Gasteiger partial charge in [-0.3, -0.25) is 0 Å². The lowest BCUT2D eigenvalue weighted by Crippen LogP contribution is -2.22. The van der Waals surface area contributed by atoms with Crippen LogP contribution in [-0.4, -0.2) is 23.9 Å². The molecule has 2 aliphatic rings. The Balaban J connectivity index is 1.18.